The molecule has 9 nitrogen and oxygen atoms in total. The van der Waals surface area contributed by atoms with Crippen LogP contribution in [-0.2, 0) is 12.1 Å². The number of thioether (sulfide) groups is 1. The molecule has 0 aliphatic carbocycles. The number of oxazole rings is 1. The monoisotopic (exact) mass is 575 g/mol. The van der Waals surface area contributed by atoms with Crippen LogP contribution in [0.3, 0.4) is 0 Å². The number of fused-ring (bicyclic) bond motifs is 1. The van der Waals surface area contributed by atoms with Crippen LogP contribution in [0, 0.1) is 25.5 Å². The minimum absolute atomic E-state index is 0.111. The fourth-order valence-electron chi connectivity index (χ4n) is 4.67. The molecule has 0 bridgehead atoms. The number of amidine groups is 1. The van der Waals surface area contributed by atoms with E-state index in [-0.39, 0.29) is 41.1 Å². The van der Waals surface area contributed by atoms with E-state index in [0.29, 0.717) is 28.4 Å². The van der Waals surface area contributed by atoms with Crippen LogP contribution in [0.1, 0.15) is 43.2 Å². The molecule has 40 heavy (non-hydrogen) atoms. The van der Waals surface area contributed by atoms with Gasteiger partial charge in [-0.05, 0) is 39.3 Å². The van der Waals surface area contributed by atoms with Crippen molar-refractivity contribution in [2.45, 2.75) is 57.4 Å². The van der Waals surface area contributed by atoms with Gasteiger partial charge < -0.3 is 20.2 Å². The lowest BCUT2D eigenvalue weighted by Crippen LogP contribution is -2.44. The third-order valence-electron chi connectivity index (χ3n) is 6.52. The second-order valence-corrected chi connectivity index (χ2v) is 11.4. The van der Waals surface area contributed by atoms with Crippen LogP contribution < -0.4 is 15.8 Å². The quantitative estimate of drug-likeness (QED) is 0.258. The molecule has 4 heterocycles. The molecule has 0 saturated carbocycles. The highest BCUT2D eigenvalue weighted by Gasteiger charge is 2.48. The Bertz CT molecular complexity index is 1630. The molecule has 1 aromatic carbocycles. The van der Waals surface area contributed by atoms with Gasteiger partial charge in [0, 0.05) is 30.4 Å². The molecule has 5 rings (SSSR count). The molecular weight excluding hydrogens is 550 g/mol. The predicted octanol–water partition coefficient (Wildman–Crippen LogP) is 5.92. The van der Waals surface area contributed by atoms with E-state index in [1.165, 1.54) is 32.3 Å². The van der Waals surface area contributed by atoms with E-state index >= 15 is 4.39 Å². The van der Waals surface area contributed by atoms with Crippen molar-refractivity contribution in [2.24, 2.45) is 10.7 Å². The van der Waals surface area contributed by atoms with Crippen LogP contribution in [0.5, 0.6) is 5.88 Å². The van der Waals surface area contributed by atoms with E-state index in [1.54, 1.807) is 19.9 Å². The molecule has 3 N–H and O–H groups in total. The molecule has 210 valence electrons. The van der Waals surface area contributed by atoms with E-state index in [0.717, 1.165) is 17.8 Å². The number of hydrogen-bond acceptors (Lipinski definition) is 10. The van der Waals surface area contributed by atoms with Gasteiger partial charge in [-0.2, -0.15) is 0 Å². The van der Waals surface area contributed by atoms with Crippen LogP contribution >= 0.6 is 11.8 Å². The van der Waals surface area contributed by atoms with E-state index in [9.17, 15) is 13.2 Å². The summed E-state index contributed by atoms with van der Waals surface area (Å²) in [5.41, 5.74) is 5.60. The van der Waals surface area contributed by atoms with Crippen molar-refractivity contribution in [3.63, 3.8) is 0 Å². The maximum Gasteiger partial charge on any atom is 0.253 e. The first-order valence-corrected chi connectivity index (χ1v) is 12.9. The van der Waals surface area contributed by atoms with Gasteiger partial charge in [0.25, 0.3) is 6.43 Å². The summed E-state index contributed by atoms with van der Waals surface area (Å²) in [4.78, 5) is 21.6. The summed E-state index contributed by atoms with van der Waals surface area (Å²) in [6.07, 6.45) is -0.168. The summed E-state index contributed by atoms with van der Waals surface area (Å²) in [5, 5.41) is 2.81. The normalized spacial score (nSPS) is 21.1. The zero-order valence-electron chi connectivity index (χ0n) is 21.9. The van der Waals surface area contributed by atoms with Crippen LogP contribution in [0.4, 0.5) is 29.1 Å². The Balaban J connectivity index is 1.44. The molecule has 0 spiro atoms. The Hall–Kier alpha value is -3.94. The smallest absolute Gasteiger partial charge is 0.253 e. The second-order valence-electron chi connectivity index (χ2n) is 9.82. The van der Waals surface area contributed by atoms with Crippen molar-refractivity contribution in [3.8, 4) is 5.88 Å². The molecule has 0 amide bonds. The lowest BCUT2D eigenvalue weighted by Gasteiger charge is -2.40. The van der Waals surface area contributed by atoms with E-state index in [2.05, 4.69) is 30.2 Å². The number of benzene rings is 1. The van der Waals surface area contributed by atoms with E-state index in [1.807, 2.05) is 0 Å². The highest BCUT2D eigenvalue weighted by molar-refractivity contribution is 8.15. The number of halogens is 4. The standard InChI is InChI=1S/C26H25F4N7O2S/c1-12-18(34-13(2)39-12)10-38-19-9-33-21-17(36-19)5-6-32-22(21)35-14-7-15(20(28)16(27)8-14)25(3)11-26(4,23(29)30)40-24(31)37-25/h5-9,23H,10-11H2,1-4H3,(H2,31,37)(H,32,35)/t25-,26+/m0/s1. The average molecular weight is 576 g/mol. The largest absolute Gasteiger partial charge is 0.470 e. The second kappa shape index (κ2) is 10.2. The van der Waals surface area contributed by atoms with Crippen molar-refractivity contribution < 1.29 is 26.7 Å². The van der Waals surface area contributed by atoms with Crippen LogP contribution in [0.25, 0.3) is 11.0 Å². The first kappa shape index (κ1) is 27.6. The van der Waals surface area contributed by atoms with Gasteiger partial charge in [0.1, 0.15) is 23.6 Å². The van der Waals surface area contributed by atoms with Gasteiger partial charge in [0.15, 0.2) is 28.5 Å². The fraction of sp³-hybridized carbons (Fsp3) is 0.346. The molecular formula is C26H25F4N7O2S. The topological polar surface area (TPSA) is 124 Å². The van der Waals surface area contributed by atoms with Crippen LogP contribution in [-0.4, -0.2) is 36.3 Å². The van der Waals surface area contributed by atoms with Crippen LogP contribution in [0.2, 0.25) is 0 Å². The van der Waals surface area contributed by atoms with Gasteiger partial charge in [-0.1, -0.05) is 11.8 Å². The predicted molar refractivity (Wildman–Crippen MR) is 143 cm³/mol. The number of nitrogens with zero attached hydrogens (tertiary/aromatic N) is 5. The lowest BCUT2D eigenvalue weighted by molar-refractivity contribution is 0.0892. The summed E-state index contributed by atoms with van der Waals surface area (Å²) in [6, 6.07) is 3.86. The Morgan fingerprint density at radius 1 is 1.18 bits per heavy atom. The van der Waals surface area contributed by atoms with Crippen molar-refractivity contribution in [2.75, 3.05) is 5.32 Å². The van der Waals surface area contributed by atoms with Crippen molar-refractivity contribution >= 4 is 39.5 Å². The highest BCUT2D eigenvalue weighted by atomic mass is 32.2. The number of nitrogens with one attached hydrogen (secondary N) is 1. The molecule has 0 fully saturated rings. The van der Waals surface area contributed by atoms with Gasteiger partial charge in [-0.3, -0.25) is 4.99 Å². The number of anilines is 2. The number of ether oxygens (including phenoxy) is 1. The maximum atomic E-state index is 15.1. The van der Waals surface area contributed by atoms with Crippen molar-refractivity contribution in [3.05, 3.63) is 65.1 Å². The van der Waals surface area contributed by atoms with Gasteiger partial charge in [-0.25, -0.2) is 37.5 Å². The molecule has 0 radical (unpaired) electrons. The maximum absolute atomic E-state index is 15.1. The van der Waals surface area contributed by atoms with Gasteiger partial charge in [0.2, 0.25) is 5.88 Å². The summed E-state index contributed by atoms with van der Waals surface area (Å²) in [6.45, 7) is 6.42. The number of hydrogen-bond donors (Lipinski definition) is 2. The summed E-state index contributed by atoms with van der Waals surface area (Å²) in [7, 11) is 0. The van der Waals surface area contributed by atoms with E-state index < -0.39 is 28.3 Å². The van der Waals surface area contributed by atoms with E-state index in [4.69, 9.17) is 14.9 Å². The number of alkyl halides is 2. The van der Waals surface area contributed by atoms with Crippen molar-refractivity contribution in [1.29, 1.82) is 0 Å². The molecule has 1 aliphatic rings. The molecule has 2 atom stereocenters. The molecule has 14 heteroatoms. The summed E-state index contributed by atoms with van der Waals surface area (Å²) >= 11 is 0.719. The van der Waals surface area contributed by atoms with Crippen LogP contribution in [0.15, 0.2) is 40.0 Å². The first-order chi connectivity index (χ1) is 18.9. The highest BCUT2D eigenvalue weighted by Crippen LogP contribution is 2.49. The molecule has 1 aliphatic heterocycles. The molecule has 0 unspecified atom stereocenters. The minimum Gasteiger partial charge on any atom is -0.470 e. The zero-order valence-corrected chi connectivity index (χ0v) is 22.7. The summed E-state index contributed by atoms with van der Waals surface area (Å²) < 4.78 is 67.1. The molecule has 3 aromatic heterocycles. The SMILES string of the molecule is Cc1nc(COc2cnc3c(Nc4cc(F)c(F)c([C@]5(C)C[C@](C)(C(F)F)SC(N)=N5)c4)nccc3n2)c(C)o1. The number of rotatable bonds is 7. The lowest BCUT2D eigenvalue weighted by atomic mass is 9.82. The Morgan fingerprint density at radius 3 is 2.65 bits per heavy atom. The molecule has 4 aromatic rings. The minimum atomic E-state index is -2.77. The van der Waals surface area contributed by atoms with Gasteiger partial charge in [0.05, 0.1) is 22.0 Å². The average Bonchev–Trinajstić information content (AvgIpc) is 3.20. The third-order valence-corrected chi connectivity index (χ3v) is 7.61. The summed E-state index contributed by atoms with van der Waals surface area (Å²) in [5.74, 6) is -0.773. The number of nitrogens with two attached hydrogens (primary N) is 1. The fourth-order valence-corrected chi connectivity index (χ4v) is 5.84. The van der Waals surface area contributed by atoms with Crippen molar-refractivity contribution in [1.82, 2.24) is 19.9 Å². The zero-order chi connectivity index (χ0) is 28.8. The van der Waals surface area contributed by atoms with Gasteiger partial charge in [-0.15, -0.1) is 0 Å². The van der Waals surface area contributed by atoms with Gasteiger partial charge >= 0.3 is 0 Å². The first-order valence-electron chi connectivity index (χ1n) is 12.1. The Morgan fingerprint density at radius 2 is 1.95 bits per heavy atom. The number of pyridine rings is 1. The number of aryl methyl sites for hydroxylation is 2. The Labute approximate surface area is 230 Å². The number of aromatic nitrogens is 4. The molecule has 0 saturated heterocycles. The Kier molecular flexibility index (Phi) is 7.06. The number of aliphatic imine (C=N–C) groups is 1. The third kappa shape index (κ3) is 5.27.